The number of hydrogen-bond donors (Lipinski definition) is 0. The standard InChI is InChI=1S/C18H18F3NO4/c1-12-9-15(16(25-12)18(19,20)21)17(23)22-7-8-24-11-14(10-22)26-13-5-3-2-4-6-13/h2-6,9,14H,7-8,10-11H2,1H3. The minimum Gasteiger partial charge on any atom is -0.486 e. The number of hydrogen-bond acceptors (Lipinski definition) is 4. The summed E-state index contributed by atoms with van der Waals surface area (Å²) in [7, 11) is 0. The number of alkyl halides is 3. The Bertz CT molecular complexity index is 758. The predicted molar refractivity (Wildman–Crippen MR) is 86.0 cm³/mol. The van der Waals surface area contributed by atoms with Gasteiger partial charge in [0.05, 0.1) is 25.3 Å². The molecule has 1 aliphatic heterocycles. The van der Waals surface area contributed by atoms with Crippen molar-refractivity contribution in [1.82, 2.24) is 4.90 Å². The van der Waals surface area contributed by atoms with Crippen LogP contribution in [0.25, 0.3) is 0 Å². The number of rotatable bonds is 3. The van der Waals surface area contributed by atoms with E-state index in [-0.39, 0.29) is 32.1 Å². The van der Waals surface area contributed by atoms with E-state index in [9.17, 15) is 18.0 Å². The normalized spacial score (nSPS) is 18.5. The number of amides is 1. The van der Waals surface area contributed by atoms with Gasteiger partial charge in [0.1, 0.15) is 17.6 Å². The van der Waals surface area contributed by atoms with Crippen LogP contribution in [0.3, 0.4) is 0 Å². The van der Waals surface area contributed by atoms with Crippen molar-refractivity contribution in [3.05, 3.63) is 53.5 Å². The maximum absolute atomic E-state index is 13.1. The molecule has 0 spiro atoms. The SMILES string of the molecule is Cc1cc(C(=O)N2CCOCC(Oc3ccccc3)C2)c(C(F)(F)F)o1. The monoisotopic (exact) mass is 369 g/mol. The second-order valence-corrected chi connectivity index (χ2v) is 5.98. The van der Waals surface area contributed by atoms with E-state index in [1.54, 1.807) is 24.3 Å². The summed E-state index contributed by atoms with van der Waals surface area (Å²) in [5.74, 6) is -1.39. The van der Waals surface area contributed by atoms with Gasteiger partial charge in [0, 0.05) is 6.54 Å². The zero-order valence-corrected chi connectivity index (χ0v) is 14.1. The van der Waals surface area contributed by atoms with Gasteiger partial charge in [-0.3, -0.25) is 4.79 Å². The lowest BCUT2D eigenvalue weighted by atomic mass is 10.2. The Morgan fingerprint density at radius 1 is 1.27 bits per heavy atom. The third kappa shape index (κ3) is 4.19. The van der Waals surface area contributed by atoms with Crippen molar-refractivity contribution in [2.75, 3.05) is 26.3 Å². The average molecular weight is 369 g/mol. The molecule has 1 atom stereocenters. The van der Waals surface area contributed by atoms with E-state index in [0.717, 1.165) is 6.07 Å². The van der Waals surface area contributed by atoms with Crippen molar-refractivity contribution in [3.8, 4) is 5.75 Å². The maximum atomic E-state index is 13.1. The fourth-order valence-electron chi connectivity index (χ4n) is 2.78. The second kappa shape index (κ2) is 7.41. The predicted octanol–water partition coefficient (Wildman–Crippen LogP) is 3.53. The molecule has 0 N–H and O–H groups in total. The van der Waals surface area contributed by atoms with Gasteiger partial charge in [0.25, 0.3) is 5.91 Å². The molecule has 1 fully saturated rings. The lowest BCUT2D eigenvalue weighted by Crippen LogP contribution is -2.40. The Labute approximate surface area is 148 Å². The average Bonchev–Trinajstić information content (AvgIpc) is 2.85. The molecular weight excluding hydrogens is 351 g/mol. The lowest BCUT2D eigenvalue weighted by Gasteiger charge is -2.24. The summed E-state index contributed by atoms with van der Waals surface area (Å²) in [4.78, 5) is 14.0. The molecule has 1 unspecified atom stereocenters. The first-order valence-corrected chi connectivity index (χ1v) is 8.11. The van der Waals surface area contributed by atoms with Crippen LogP contribution in [0.15, 0.2) is 40.8 Å². The molecular formula is C18H18F3NO4. The van der Waals surface area contributed by atoms with E-state index < -0.39 is 29.5 Å². The van der Waals surface area contributed by atoms with Crippen molar-refractivity contribution < 1.29 is 31.9 Å². The minimum atomic E-state index is -4.73. The number of carbonyl (C=O) groups is 1. The summed E-state index contributed by atoms with van der Waals surface area (Å²) in [5.41, 5.74) is -0.490. The summed E-state index contributed by atoms with van der Waals surface area (Å²) in [6.45, 7) is 2.14. The van der Waals surface area contributed by atoms with Crippen LogP contribution >= 0.6 is 0 Å². The number of aryl methyl sites for hydroxylation is 1. The Kier molecular flexibility index (Phi) is 5.22. The Morgan fingerprint density at radius 2 is 2.00 bits per heavy atom. The van der Waals surface area contributed by atoms with Gasteiger partial charge < -0.3 is 18.8 Å². The molecule has 1 saturated heterocycles. The van der Waals surface area contributed by atoms with Gasteiger partial charge in [-0.1, -0.05) is 18.2 Å². The van der Waals surface area contributed by atoms with Crippen LogP contribution in [-0.4, -0.2) is 43.2 Å². The van der Waals surface area contributed by atoms with Crippen molar-refractivity contribution in [2.45, 2.75) is 19.2 Å². The molecule has 26 heavy (non-hydrogen) atoms. The molecule has 140 valence electrons. The Morgan fingerprint density at radius 3 is 2.69 bits per heavy atom. The molecule has 1 aromatic heterocycles. The van der Waals surface area contributed by atoms with E-state index in [1.807, 2.05) is 6.07 Å². The van der Waals surface area contributed by atoms with Crippen LogP contribution in [0.5, 0.6) is 5.75 Å². The minimum absolute atomic E-state index is 0.0313. The summed E-state index contributed by atoms with van der Waals surface area (Å²) in [6.07, 6.45) is -5.21. The largest absolute Gasteiger partial charge is 0.486 e. The third-order valence-corrected chi connectivity index (χ3v) is 3.91. The van der Waals surface area contributed by atoms with Crippen LogP contribution in [-0.2, 0) is 10.9 Å². The van der Waals surface area contributed by atoms with Crippen LogP contribution in [0, 0.1) is 6.92 Å². The quantitative estimate of drug-likeness (QED) is 0.831. The molecule has 1 aromatic carbocycles. The summed E-state index contributed by atoms with van der Waals surface area (Å²) < 4.78 is 55.3. The maximum Gasteiger partial charge on any atom is 0.450 e. The lowest BCUT2D eigenvalue weighted by molar-refractivity contribution is -0.153. The molecule has 0 bridgehead atoms. The molecule has 1 aliphatic rings. The molecule has 8 heteroatoms. The van der Waals surface area contributed by atoms with Crippen LogP contribution in [0.2, 0.25) is 0 Å². The topological polar surface area (TPSA) is 51.9 Å². The fraction of sp³-hybridized carbons (Fsp3) is 0.389. The highest BCUT2D eigenvalue weighted by atomic mass is 19.4. The molecule has 0 saturated carbocycles. The summed E-state index contributed by atoms with van der Waals surface area (Å²) >= 11 is 0. The third-order valence-electron chi connectivity index (χ3n) is 3.91. The number of furan rings is 1. The van der Waals surface area contributed by atoms with Crippen molar-refractivity contribution in [1.29, 1.82) is 0 Å². The summed E-state index contributed by atoms with van der Waals surface area (Å²) in [5, 5.41) is 0. The highest BCUT2D eigenvalue weighted by Gasteiger charge is 2.41. The highest BCUT2D eigenvalue weighted by Crippen LogP contribution is 2.34. The van der Waals surface area contributed by atoms with Gasteiger partial charge in [0.15, 0.2) is 0 Å². The van der Waals surface area contributed by atoms with E-state index in [1.165, 1.54) is 11.8 Å². The van der Waals surface area contributed by atoms with Gasteiger partial charge in [0.2, 0.25) is 5.76 Å². The summed E-state index contributed by atoms with van der Waals surface area (Å²) in [6, 6.07) is 10.1. The first-order chi connectivity index (χ1) is 12.3. The number of ether oxygens (including phenoxy) is 2. The molecule has 0 radical (unpaired) electrons. The van der Waals surface area contributed by atoms with Crippen LogP contribution in [0.1, 0.15) is 21.9 Å². The Balaban J connectivity index is 1.78. The van der Waals surface area contributed by atoms with Crippen molar-refractivity contribution >= 4 is 5.91 Å². The van der Waals surface area contributed by atoms with E-state index in [2.05, 4.69) is 0 Å². The second-order valence-electron chi connectivity index (χ2n) is 5.98. The number of carbonyl (C=O) groups excluding carboxylic acids is 1. The van der Waals surface area contributed by atoms with Crippen molar-refractivity contribution in [3.63, 3.8) is 0 Å². The first kappa shape index (κ1) is 18.3. The molecule has 5 nitrogen and oxygen atoms in total. The fourth-order valence-corrected chi connectivity index (χ4v) is 2.78. The Hall–Kier alpha value is -2.48. The number of halogens is 3. The van der Waals surface area contributed by atoms with E-state index in [4.69, 9.17) is 13.9 Å². The zero-order chi connectivity index (χ0) is 18.7. The van der Waals surface area contributed by atoms with E-state index in [0.29, 0.717) is 5.75 Å². The van der Waals surface area contributed by atoms with Crippen LogP contribution < -0.4 is 4.74 Å². The molecule has 0 aliphatic carbocycles. The number of benzene rings is 1. The van der Waals surface area contributed by atoms with Gasteiger partial charge in [-0.05, 0) is 25.1 Å². The molecule has 2 aromatic rings. The smallest absolute Gasteiger partial charge is 0.450 e. The van der Waals surface area contributed by atoms with Gasteiger partial charge in [-0.25, -0.2) is 0 Å². The molecule has 2 heterocycles. The highest BCUT2D eigenvalue weighted by molar-refractivity contribution is 5.95. The first-order valence-electron chi connectivity index (χ1n) is 8.11. The zero-order valence-electron chi connectivity index (χ0n) is 14.1. The van der Waals surface area contributed by atoms with Gasteiger partial charge in [-0.2, -0.15) is 13.2 Å². The molecule has 3 rings (SSSR count). The molecule has 1 amide bonds. The van der Waals surface area contributed by atoms with Gasteiger partial charge >= 0.3 is 6.18 Å². The van der Waals surface area contributed by atoms with Crippen molar-refractivity contribution in [2.24, 2.45) is 0 Å². The van der Waals surface area contributed by atoms with E-state index >= 15 is 0 Å². The van der Waals surface area contributed by atoms with Gasteiger partial charge in [-0.15, -0.1) is 0 Å². The number of para-hydroxylation sites is 1. The number of nitrogens with zero attached hydrogens (tertiary/aromatic N) is 1. The van der Waals surface area contributed by atoms with Crippen LogP contribution in [0.4, 0.5) is 13.2 Å².